The van der Waals surface area contributed by atoms with Crippen LogP contribution < -0.4 is 0 Å². The van der Waals surface area contributed by atoms with Gasteiger partial charge in [0.1, 0.15) is 5.82 Å². The van der Waals surface area contributed by atoms with Crippen LogP contribution in [0.5, 0.6) is 0 Å². The molecule has 0 fully saturated rings. The van der Waals surface area contributed by atoms with Crippen molar-refractivity contribution in [1.29, 1.82) is 0 Å². The van der Waals surface area contributed by atoms with Crippen molar-refractivity contribution in [3.05, 3.63) is 34.6 Å². The van der Waals surface area contributed by atoms with Gasteiger partial charge in [0, 0.05) is 10.9 Å². The number of benzene rings is 1. The van der Waals surface area contributed by atoms with Crippen LogP contribution in [-0.4, -0.2) is 5.88 Å². The largest absolute Gasteiger partial charge is 0.207 e. The molecule has 0 aliphatic rings. The molecule has 0 aliphatic heterocycles. The van der Waals surface area contributed by atoms with Gasteiger partial charge in [-0.05, 0) is 36.0 Å². The summed E-state index contributed by atoms with van der Waals surface area (Å²) >= 11 is 11.6. The molecule has 84 valence electrons. The average Bonchev–Trinajstić information content (AvgIpc) is 2.22. The van der Waals surface area contributed by atoms with Gasteiger partial charge in [-0.1, -0.05) is 31.5 Å². The van der Waals surface area contributed by atoms with E-state index in [-0.39, 0.29) is 11.2 Å². The molecule has 0 bridgehead atoms. The third-order valence-corrected chi connectivity index (χ3v) is 3.69. The first-order chi connectivity index (χ1) is 7.00. The Hall–Kier alpha value is -0.270. The Morgan fingerprint density at radius 2 is 2.07 bits per heavy atom. The summed E-state index contributed by atoms with van der Waals surface area (Å²) < 4.78 is 13.5. The summed E-state index contributed by atoms with van der Waals surface area (Å²) in [6.07, 6.45) is 1.58. The summed E-state index contributed by atoms with van der Waals surface area (Å²) in [6, 6.07) is 4.80. The lowest BCUT2D eigenvalue weighted by molar-refractivity contribution is 0.350. The zero-order chi connectivity index (χ0) is 11.5. The molecule has 0 N–H and O–H groups in total. The maximum atomic E-state index is 13.5. The fraction of sp³-hybridized carbons (Fsp3) is 0.500. The van der Waals surface area contributed by atoms with Gasteiger partial charge in [-0.2, -0.15) is 0 Å². The summed E-state index contributed by atoms with van der Waals surface area (Å²) in [5.74, 6) is 0.290. The highest BCUT2D eigenvalue weighted by Crippen LogP contribution is 2.29. The molecule has 0 spiro atoms. The van der Waals surface area contributed by atoms with E-state index >= 15 is 0 Å². The lowest BCUT2D eigenvalue weighted by Crippen LogP contribution is -2.21. The molecule has 0 saturated heterocycles. The normalized spacial score (nSPS) is 15.0. The predicted octanol–water partition coefficient (Wildman–Crippen LogP) is 4.68. The summed E-state index contributed by atoms with van der Waals surface area (Å²) in [4.78, 5) is 0. The number of halogens is 3. The molecule has 1 atom stereocenters. The van der Waals surface area contributed by atoms with Gasteiger partial charge in [0.15, 0.2) is 0 Å². The maximum absolute atomic E-state index is 13.5. The van der Waals surface area contributed by atoms with Crippen molar-refractivity contribution in [1.82, 2.24) is 0 Å². The number of hydrogen-bond acceptors (Lipinski definition) is 0. The molecule has 0 amide bonds. The Morgan fingerprint density at radius 1 is 1.40 bits per heavy atom. The fourth-order valence-corrected chi connectivity index (χ4v) is 1.83. The molecule has 1 aromatic carbocycles. The lowest BCUT2D eigenvalue weighted by atomic mass is 9.83. The van der Waals surface area contributed by atoms with E-state index in [1.54, 1.807) is 12.1 Å². The minimum Gasteiger partial charge on any atom is -0.207 e. The molecule has 3 heteroatoms. The van der Waals surface area contributed by atoms with Crippen molar-refractivity contribution in [3.63, 3.8) is 0 Å². The molecule has 15 heavy (non-hydrogen) atoms. The van der Waals surface area contributed by atoms with Gasteiger partial charge in [0.25, 0.3) is 0 Å². The van der Waals surface area contributed by atoms with Crippen LogP contribution in [0.1, 0.15) is 25.8 Å². The lowest BCUT2D eigenvalue weighted by Gasteiger charge is -2.25. The van der Waals surface area contributed by atoms with Crippen molar-refractivity contribution in [2.45, 2.75) is 26.7 Å². The Balaban J connectivity index is 2.89. The zero-order valence-corrected chi connectivity index (χ0v) is 10.5. The van der Waals surface area contributed by atoms with Gasteiger partial charge in [-0.3, -0.25) is 0 Å². The van der Waals surface area contributed by atoms with E-state index in [9.17, 15) is 4.39 Å². The molecular formula is C12H15Cl2F. The van der Waals surface area contributed by atoms with Crippen LogP contribution in [0.2, 0.25) is 5.02 Å². The monoisotopic (exact) mass is 248 g/mol. The van der Waals surface area contributed by atoms with E-state index in [1.165, 1.54) is 6.07 Å². The second-order valence-electron chi connectivity index (χ2n) is 4.21. The highest BCUT2D eigenvalue weighted by Gasteiger charge is 2.22. The second-order valence-corrected chi connectivity index (χ2v) is 4.91. The van der Waals surface area contributed by atoms with Crippen LogP contribution >= 0.6 is 23.2 Å². The van der Waals surface area contributed by atoms with E-state index in [0.29, 0.717) is 22.9 Å². The third-order valence-electron chi connectivity index (χ3n) is 2.81. The Bertz CT molecular complexity index is 332. The topological polar surface area (TPSA) is 0 Å². The van der Waals surface area contributed by atoms with E-state index in [2.05, 4.69) is 13.8 Å². The molecule has 1 aromatic rings. The van der Waals surface area contributed by atoms with Crippen molar-refractivity contribution >= 4 is 23.2 Å². The quantitative estimate of drug-likeness (QED) is 0.680. The summed E-state index contributed by atoms with van der Waals surface area (Å²) in [7, 11) is 0. The van der Waals surface area contributed by atoms with E-state index < -0.39 is 0 Å². The van der Waals surface area contributed by atoms with Gasteiger partial charge in [-0.25, -0.2) is 4.39 Å². The van der Waals surface area contributed by atoms with Crippen molar-refractivity contribution in [2.75, 3.05) is 5.88 Å². The summed E-state index contributed by atoms with van der Waals surface area (Å²) in [6.45, 7) is 4.13. The molecule has 0 heterocycles. The molecular weight excluding hydrogens is 234 g/mol. The Labute approximate surface area is 100 Å². The SMILES string of the molecule is CCC(C)(CCl)Cc1ccc(Cl)cc1F. The van der Waals surface area contributed by atoms with E-state index in [1.807, 2.05) is 0 Å². The molecule has 0 aromatic heterocycles. The van der Waals surface area contributed by atoms with Crippen LogP contribution in [0, 0.1) is 11.2 Å². The number of rotatable bonds is 4. The van der Waals surface area contributed by atoms with Gasteiger partial charge in [-0.15, -0.1) is 11.6 Å². The van der Waals surface area contributed by atoms with Crippen LogP contribution in [0.3, 0.4) is 0 Å². The van der Waals surface area contributed by atoms with Crippen LogP contribution in [0.4, 0.5) is 4.39 Å². The van der Waals surface area contributed by atoms with Crippen LogP contribution in [-0.2, 0) is 6.42 Å². The van der Waals surface area contributed by atoms with Crippen LogP contribution in [0.25, 0.3) is 0 Å². The maximum Gasteiger partial charge on any atom is 0.127 e. The Kier molecular flexibility index (Phi) is 4.42. The number of hydrogen-bond donors (Lipinski definition) is 0. The highest BCUT2D eigenvalue weighted by molar-refractivity contribution is 6.30. The molecule has 0 nitrogen and oxygen atoms in total. The smallest absolute Gasteiger partial charge is 0.127 e. The molecule has 0 saturated carbocycles. The summed E-state index contributed by atoms with van der Waals surface area (Å²) in [5.41, 5.74) is 0.639. The van der Waals surface area contributed by atoms with Crippen molar-refractivity contribution < 1.29 is 4.39 Å². The minimum atomic E-state index is -0.243. The predicted molar refractivity (Wildman–Crippen MR) is 64.2 cm³/mol. The number of alkyl halides is 1. The zero-order valence-electron chi connectivity index (χ0n) is 8.99. The van der Waals surface area contributed by atoms with Gasteiger partial charge >= 0.3 is 0 Å². The summed E-state index contributed by atoms with van der Waals surface area (Å²) in [5, 5.41) is 0.431. The fourth-order valence-electron chi connectivity index (χ4n) is 1.39. The first kappa shape index (κ1) is 12.8. The third kappa shape index (κ3) is 3.35. The Morgan fingerprint density at radius 3 is 2.53 bits per heavy atom. The first-order valence-corrected chi connectivity index (χ1v) is 5.92. The molecule has 0 radical (unpaired) electrons. The van der Waals surface area contributed by atoms with Gasteiger partial charge in [0.05, 0.1) is 0 Å². The molecule has 1 rings (SSSR count). The average molecular weight is 249 g/mol. The van der Waals surface area contributed by atoms with E-state index in [4.69, 9.17) is 23.2 Å². The second kappa shape index (κ2) is 5.18. The molecule has 0 aliphatic carbocycles. The van der Waals surface area contributed by atoms with Gasteiger partial charge in [0.2, 0.25) is 0 Å². The van der Waals surface area contributed by atoms with Crippen LogP contribution in [0.15, 0.2) is 18.2 Å². The minimum absolute atomic E-state index is 0.0454. The molecule has 1 unspecified atom stereocenters. The van der Waals surface area contributed by atoms with E-state index in [0.717, 1.165) is 6.42 Å². The first-order valence-electron chi connectivity index (χ1n) is 5.00. The highest BCUT2D eigenvalue weighted by atomic mass is 35.5. The standard InChI is InChI=1S/C12H15Cl2F/c1-3-12(2,8-13)7-9-4-5-10(14)6-11(9)15/h4-6H,3,7-8H2,1-2H3. The van der Waals surface area contributed by atoms with Crippen molar-refractivity contribution in [3.8, 4) is 0 Å². The van der Waals surface area contributed by atoms with Gasteiger partial charge < -0.3 is 0 Å². The van der Waals surface area contributed by atoms with Crippen molar-refractivity contribution in [2.24, 2.45) is 5.41 Å².